The lowest BCUT2D eigenvalue weighted by Gasteiger charge is -2.29. The third-order valence-electron chi connectivity index (χ3n) is 18.5. The second kappa shape index (κ2) is 74.6. The summed E-state index contributed by atoms with van der Waals surface area (Å²) in [6.07, 6.45) is 6.17. The van der Waals surface area contributed by atoms with Crippen molar-refractivity contribution in [3.05, 3.63) is 29.8 Å². The number of quaternary nitrogens is 2. The molecule has 0 saturated carbocycles. The smallest absolute Gasteiger partial charge is 0.102 e. The maximum Gasteiger partial charge on any atom is 0.102 e. The van der Waals surface area contributed by atoms with Gasteiger partial charge in [0.25, 0.3) is 0 Å². The van der Waals surface area contributed by atoms with E-state index in [0.717, 1.165) is 73.4 Å². The molecule has 0 bridgehead atoms. The monoisotopic (exact) mass is 1660 g/mol. The Balaban J connectivity index is 2.11. The van der Waals surface area contributed by atoms with Gasteiger partial charge in [-0.2, -0.15) is 0 Å². The minimum atomic E-state index is -0.118. The number of rotatable bonds is 88. The molecule has 0 spiro atoms. The Bertz CT molecular complexity index is 2240. The van der Waals surface area contributed by atoms with Gasteiger partial charge in [0.1, 0.15) is 13.1 Å². The average molecular weight is 1660 g/mol. The van der Waals surface area contributed by atoms with Gasteiger partial charge >= 0.3 is 0 Å². The van der Waals surface area contributed by atoms with Gasteiger partial charge < -0.3 is 128 Å². The first-order chi connectivity index (χ1) is 55.2. The number of ether oxygens (including phenoxy) is 24. The Morgan fingerprint density at radius 3 is 0.739 bits per heavy atom. The Morgan fingerprint density at radius 1 is 0.243 bits per heavy atom. The Labute approximate surface area is 700 Å². The van der Waals surface area contributed by atoms with E-state index in [1.165, 1.54) is 44.3 Å². The molecule has 0 aliphatic carbocycles. The standard InChI is InChI=1S/C88H175N3O24/c1-22-24-34-90(18,19)36-46-94-42-28-40-92-38-27-39-93-41-29-43-95-54-56-102-76(6)61-106-80(10)65-110-84(14)69-114-86(16)71-112-82(12)67-108-78(8)63-104-74(4)59-100-44-32-89(88-31-26-30-73(3)58-88)33-45-101-60-75(5)105-64-79(9)109-68-83(13)113-72-87(17)115-70-85(15)111-66-81(11)107-62-77(7)103-57-55-99-53-52-98-51-50-97-49-48-96-47-37-91(20,21)35-25-23-2/h26,30-31,58,74-87H,22-25,27-29,32-57,59-72H2,1-21H3/q+2. The van der Waals surface area contributed by atoms with Gasteiger partial charge in [0, 0.05) is 58.4 Å². The quantitative estimate of drug-likeness (QED) is 0.0436. The van der Waals surface area contributed by atoms with Crippen LogP contribution in [-0.4, -0.2) is 387 Å². The highest BCUT2D eigenvalue weighted by Gasteiger charge is 2.20. The second-order valence-electron chi connectivity index (χ2n) is 32.5. The Hall–Kier alpha value is -2.02. The predicted octanol–water partition coefficient (Wildman–Crippen LogP) is 11.6. The molecule has 115 heavy (non-hydrogen) atoms. The molecular formula is C88H175N3O24+2. The maximum atomic E-state index is 6.15. The summed E-state index contributed by atoms with van der Waals surface area (Å²) in [7, 11) is 9.06. The third-order valence-corrected chi connectivity index (χ3v) is 18.5. The van der Waals surface area contributed by atoms with Crippen LogP contribution in [0.1, 0.15) is 161 Å². The number of nitrogens with zero attached hydrogens (tertiary/aromatic N) is 3. The van der Waals surface area contributed by atoms with Gasteiger partial charge in [0.2, 0.25) is 0 Å². The summed E-state index contributed by atoms with van der Waals surface area (Å²) in [6, 6.07) is 8.50. The molecule has 0 fully saturated rings. The molecule has 27 heteroatoms. The first kappa shape index (κ1) is 111. The minimum Gasteiger partial charge on any atom is -0.381 e. The van der Waals surface area contributed by atoms with Gasteiger partial charge in [-0.25, -0.2) is 0 Å². The molecule has 1 aromatic rings. The minimum absolute atomic E-state index is 0.0593. The van der Waals surface area contributed by atoms with Crippen molar-refractivity contribution in [3.8, 4) is 0 Å². The van der Waals surface area contributed by atoms with Crippen LogP contribution in [0.4, 0.5) is 5.69 Å². The molecule has 0 heterocycles. The van der Waals surface area contributed by atoms with Crippen molar-refractivity contribution >= 4 is 5.69 Å². The fraction of sp³-hybridized carbons (Fsp3) is 0.932. The van der Waals surface area contributed by atoms with Crippen molar-refractivity contribution < 1.29 is 123 Å². The zero-order chi connectivity index (χ0) is 84.8. The molecule has 14 unspecified atom stereocenters. The van der Waals surface area contributed by atoms with Crippen molar-refractivity contribution in [1.82, 2.24) is 0 Å². The fourth-order valence-corrected chi connectivity index (χ4v) is 10.9. The summed E-state index contributed by atoms with van der Waals surface area (Å²) in [4.78, 5) is 2.29. The summed E-state index contributed by atoms with van der Waals surface area (Å²) in [6.45, 7) is 58.8. The first-order valence-corrected chi connectivity index (χ1v) is 44.1. The lowest BCUT2D eigenvalue weighted by molar-refractivity contribution is -0.890. The van der Waals surface area contributed by atoms with E-state index in [0.29, 0.717) is 211 Å². The lowest BCUT2D eigenvalue weighted by atomic mass is 10.2. The van der Waals surface area contributed by atoms with Crippen LogP contribution in [0.25, 0.3) is 0 Å². The number of benzene rings is 1. The normalized spacial score (nSPS) is 16.1. The van der Waals surface area contributed by atoms with Crippen LogP contribution in [-0.2, 0) is 114 Å². The number of anilines is 1. The largest absolute Gasteiger partial charge is 0.381 e. The number of hydrogen-bond acceptors (Lipinski definition) is 25. The Kier molecular flexibility index (Phi) is 72.0. The summed E-state index contributed by atoms with van der Waals surface area (Å²) in [5.74, 6) is 0. The average Bonchev–Trinajstić information content (AvgIpc) is 0.877. The molecule has 0 N–H and O–H groups in total. The molecule has 1 rings (SSSR count). The van der Waals surface area contributed by atoms with E-state index >= 15 is 0 Å². The molecule has 0 aliphatic heterocycles. The molecule has 14 atom stereocenters. The molecule has 1 aromatic carbocycles. The molecule has 0 aromatic heterocycles. The van der Waals surface area contributed by atoms with Crippen molar-refractivity contribution in [3.63, 3.8) is 0 Å². The molecule has 0 saturated heterocycles. The van der Waals surface area contributed by atoms with Gasteiger partial charge in [-0.3, -0.25) is 0 Å². The molecule has 27 nitrogen and oxygen atoms in total. The highest BCUT2D eigenvalue weighted by atomic mass is 16.6. The molecule has 0 amide bonds. The number of unbranched alkanes of at least 4 members (excludes halogenated alkanes) is 2. The van der Waals surface area contributed by atoms with Gasteiger partial charge in [0.05, 0.1) is 312 Å². The highest BCUT2D eigenvalue weighted by Crippen LogP contribution is 2.17. The topological polar surface area (TPSA) is 225 Å². The van der Waals surface area contributed by atoms with Crippen molar-refractivity contribution in [1.29, 1.82) is 0 Å². The van der Waals surface area contributed by atoms with Crippen LogP contribution >= 0.6 is 0 Å². The Morgan fingerprint density at radius 2 is 0.470 bits per heavy atom. The van der Waals surface area contributed by atoms with E-state index in [4.69, 9.17) is 114 Å². The van der Waals surface area contributed by atoms with E-state index in [2.05, 4.69) is 78.1 Å². The number of likely N-dealkylation sites (N-methyl/N-ethyl adjacent to an activating group) is 2. The van der Waals surface area contributed by atoms with E-state index in [1.807, 2.05) is 96.9 Å². The fourth-order valence-electron chi connectivity index (χ4n) is 10.9. The van der Waals surface area contributed by atoms with Crippen LogP contribution < -0.4 is 4.90 Å². The maximum absolute atomic E-state index is 6.15. The first-order valence-electron chi connectivity index (χ1n) is 44.1. The molecule has 0 radical (unpaired) electrons. The summed E-state index contributed by atoms with van der Waals surface area (Å²) < 4.78 is 144. The van der Waals surface area contributed by atoms with Crippen molar-refractivity contribution in [2.24, 2.45) is 0 Å². The summed E-state index contributed by atoms with van der Waals surface area (Å²) in [5, 5.41) is 0. The van der Waals surface area contributed by atoms with Gasteiger partial charge in [-0.05, 0) is 154 Å². The van der Waals surface area contributed by atoms with Crippen LogP contribution in [0.15, 0.2) is 24.3 Å². The third kappa shape index (κ3) is 72.2. The van der Waals surface area contributed by atoms with E-state index < -0.39 is 0 Å². The highest BCUT2D eigenvalue weighted by molar-refractivity contribution is 5.48. The van der Waals surface area contributed by atoms with E-state index in [-0.39, 0.29) is 85.5 Å². The van der Waals surface area contributed by atoms with Gasteiger partial charge in [0.15, 0.2) is 0 Å². The van der Waals surface area contributed by atoms with Crippen molar-refractivity contribution in [2.45, 2.75) is 248 Å². The SMILES string of the molecule is CCCC[N+](C)(C)CCOCCCOCCCOCCCOCCOC(C)COC(C)COC(C)COC(C)COC(C)COC(C)COC(C)COCCN(CCOCC(C)OCC(C)OCC(C)OCC(C)OCC(C)OCC(C)OCC(C)OCCOCCOCCOCCOCC[N+](C)(C)CCCC)c1cccc(C)c1. The lowest BCUT2D eigenvalue weighted by Crippen LogP contribution is -2.43. The van der Waals surface area contributed by atoms with E-state index in [1.54, 1.807) is 0 Å². The van der Waals surface area contributed by atoms with Crippen LogP contribution in [0.5, 0.6) is 0 Å². The predicted molar refractivity (Wildman–Crippen MR) is 455 cm³/mol. The van der Waals surface area contributed by atoms with Crippen molar-refractivity contribution in [2.75, 3.05) is 297 Å². The van der Waals surface area contributed by atoms with Gasteiger partial charge in [-0.1, -0.05) is 38.8 Å². The van der Waals surface area contributed by atoms with Gasteiger partial charge in [-0.15, -0.1) is 0 Å². The zero-order valence-corrected chi connectivity index (χ0v) is 76.8. The molecule has 684 valence electrons. The van der Waals surface area contributed by atoms with E-state index in [9.17, 15) is 0 Å². The number of aryl methyl sites for hydroxylation is 1. The zero-order valence-electron chi connectivity index (χ0n) is 76.8. The molecular weight excluding hydrogens is 1480 g/mol. The van der Waals surface area contributed by atoms with Crippen LogP contribution in [0, 0.1) is 6.92 Å². The molecule has 0 aliphatic rings. The van der Waals surface area contributed by atoms with Crippen LogP contribution in [0.2, 0.25) is 0 Å². The van der Waals surface area contributed by atoms with Crippen LogP contribution in [0.3, 0.4) is 0 Å². The second-order valence-corrected chi connectivity index (χ2v) is 32.5. The summed E-state index contributed by atoms with van der Waals surface area (Å²) in [5.41, 5.74) is 2.32. The summed E-state index contributed by atoms with van der Waals surface area (Å²) >= 11 is 0. The number of hydrogen-bond donors (Lipinski definition) is 0.